The van der Waals surface area contributed by atoms with E-state index in [0.29, 0.717) is 13.1 Å². The second-order valence-electron chi connectivity index (χ2n) is 5.86. The molecule has 0 amide bonds. The average molecular weight is 311 g/mol. The van der Waals surface area contributed by atoms with E-state index in [1.165, 1.54) is 12.1 Å². The number of nitrogens with zero attached hydrogens (tertiary/aromatic N) is 2. The van der Waals surface area contributed by atoms with Gasteiger partial charge in [0.25, 0.3) is 5.69 Å². The van der Waals surface area contributed by atoms with Crippen molar-refractivity contribution in [3.63, 3.8) is 0 Å². The van der Waals surface area contributed by atoms with Crippen molar-refractivity contribution in [3.8, 4) is 0 Å². The van der Waals surface area contributed by atoms with Gasteiger partial charge in [0.15, 0.2) is 0 Å². The molecule has 5 nitrogen and oxygen atoms in total. The maximum atomic E-state index is 13.3. The van der Waals surface area contributed by atoms with E-state index in [4.69, 9.17) is 0 Å². The lowest BCUT2D eigenvalue weighted by atomic mass is 10.1. The Morgan fingerprint density at radius 3 is 2.83 bits per heavy atom. The third-order valence-electron chi connectivity index (χ3n) is 4.31. The van der Waals surface area contributed by atoms with Crippen molar-refractivity contribution in [2.24, 2.45) is 0 Å². The summed E-state index contributed by atoms with van der Waals surface area (Å²) >= 11 is 0. The highest BCUT2D eigenvalue weighted by Gasteiger charge is 2.21. The topological polar surface area (TPSA) is 62.2 Å². The largest absolute Gasteiger partial charge is 0.361 e. The predicted octanol–water partition coefficient (Wildman–Crippen LogP) is 3.73. The molecule has 2 heterocycles. The number of benzene rings is 2. The van der Waals surface area contributed by atoms with Gasteiger partial charge in [0.1, 0.15) is 5.82 Å². The molecule has 23 heavy (non-hydrogen) atoms. The molecule has 1 aromatic heterocycles. The summed E-state index contributed by atoms with van der Waals surface area (Å²) in [6, 6.07) is 9.71. The van der Waals surface area contributed by atoms with Crippen molar-refractivity contribution in [3.05, 3.63) is 75.2 Å². The summed E-state index contributed by atoms with van der Waals surface area (Å²) in [7, 11) is 0. The lowest BCUT2D eigenvalue weighted by Gasteiger charge is -2.13. The van der Waals surface area contributed by atoms with Crippen molar-refractivity contribution in [1.82, 2.24) is 9.88 Å². The molecule has 0 fully saturated rings. The maximum Gasteiger partial charge on any atom is 0.270 e. The summed E-state index contributed by atoms with van der Waals surface area (Å²) in [6.45, 7) is 2.11. The van der Waals surface area contributed by atoms with Crippen molar-refractivity contribution in [2.75, 3.05) is 0 Å². The normalized spacial score (nSPS) is 14.3. The molecular weight excluding hydrogens is 297 g/mol. The number of H-pyrrole nitrogens is 1. The molecule has 0 aliphatic carbocycles. The lowest BCUT2D eigenvalue weighted by molar-refractivity contribution is -0.384. The quantitative estimate of drug-likeness (QED) is 0.592. The first-order valence-electron chi connectivity index (χ1n) is 7.34. The first-order valence-corrected chi connectivity index (χ1v) is 7.34. The lowest BCUT2D eigenvalue weighted by Crippen LogP contribution is -2.15. The van der Waals surface area contributed by atoms with Crippen molar-refractivity contribution < 1.29 is 9.31 Å². The van der Waals surface area contributed by atoms with Gasteiger partial charge in [0.2, 0.25) is 0 Å². The summed E-state index contributed by atoms with van der Waals surface area (Å²) in [5, 5.41) is 11.8. The molecule has 4 rings (SSSR count). The zero-order valence-corrected chi connectivity index (χ0v) is 12.3. The minimum Gasteiger partial charge on any atom is -0.361 e. The van der Waals surface area contributed by atoms with E-state index in [1.807, 2.05) is 12.3 Å². The van der Waals surface area contributed by atoms with Crippen LogP contribution in [0, 0.1) is 15.9 Å². The number of hydrogen-bond donors (Lipinski definition) is 1. The molecule has 0 unspecified atom stereocenters. The number of non-ortho nitro benzene ring substituents is 1. The van der Waals surface area contributed by atoms with E-state index >= 15 is 0 Å². The minimum atomic E-state index is -0.384. The molecule has 0 saturated heterocycles. The Labute approximate surface area is 131 Å². The molecule has 0 spiro atoms. The standard InChI is InChI=1S/C17H14FN3O2/c18-14-2-1-11-8-20(9-12(11)5-14)10-13-7-19-17-4-3-15(21(22)23)6-16(13)17/h1-7,19H,8-10H2. The number of fused-ring (bicyclic) bond motifs is 2. The fraction of sp³-hybridized carbons (Fsp3) is 0.176. The minimum absolute atomic E-state index is 0.0881. The van der Waals surface area contributed by atoms with Crippen LogP contribution in [0.5, 0.6) is 0 Å². The highest BCUT2D eigenvalue weighted by atomic mass is 19.1. The van der Waals surface area contributed by atoms with Crippen LogP contribution in [-0.2, 0) is 19.6 Å². The van der Waals surface area contributed by atoms with Crippen LogP contribution in [0.15, 0.2) is 42.6 Å². The van der Waals surface area contributed by atoms with Crippen LogP contribution in [-0.4, -0.2) is 14.8 Å². The molecule has 1 aliphatic rings. The molecule has 116 valence electrons. The van der Waals surface area contributed by atoms with Crippen LogP contribution in [0.3, 0.4) is 0 Å². The third kappa shape index (κ3) is 2.47. The zero-order chi connectivity index (χ0) is 16.0. The average Bonchev–Trinajstić information content (AvgIpc) is 3.10. The molecule has 3 aromatic rings. The first-order chi connectivity index (χ1) is 11.1. The smallest absolute Gasteiger partial charge is 0.270 e. The summed E-state index contributed by atoms with van der Waals surface area (Å²) < 4.78 is 13.3. The van der Waals surface area contributed by atoms with Crippen LogP contribution < -0.4 is 0 Å². The number of nitro benzene ring substituents is 1. The third-order valence-corrected chi connectivity index (χ3v) is 4.31. The fourth-order valence-corrected chi connectivity index (χ4v) is 3.20. The SMILES string of the molecule is O=[N+]([O-])c1ccc2[nH]cc(CN3Cc4ccc(F)cc4C3)c2c1. The molecule has 6 heteroatoms. The van der Waals surface area contributed by atoms with Crippen molar-refractivity contribution in [1.29, 1.82) is 0 Å². The van der Waals surface area contributed by atoms with E-state index < -0.39 is 0 Å². The van der Waals surface area contributed by atoms with Crippen LogP contribution in [0.25, 0.3) is 10.9 Å². The van der Waals surface area contributed by atoms with Gasteiger partial charge in [-0.2, -0.15) is 0 Å². The van der Waals surface area contributed by atoms with E-state index in [1.54, 1.807) is 18.2 Å². The number of halogens is 1. The molecular formula is C17H14FN3O2. The van der Waals surface area contributed by atoms with Gasteiger partial charge in [0.05, 0.1) is 4.92 Å². The predicted molar refractivity (Wildman–Crippen MR) is 84.3 cm³/mol. The number of nitrogens with one attached hydrogen (secondary N) is 1. The van der Waals surface area contributed by atoms with Gasteiger partial charge >= 0.3 is 0 Å². The second kappa shape index (κ2) is 5.17. The summed E-state index contributed by atoms with van der Waals surface area (Å²) in [6.07, 6.45) is 1.89. The van der Waals surface area contributed by atoms with Gasteiger partial charge in [-0.15, -0.1) is 0 Å². The number of aromatic nitrogens is 1. The van der Waals surface area contributed by atoms with Crippen LogP contribution in [0.4, 0.5) is 10.1 Å². The van der Waals surface area contributed by atoms with Gasteiger partial charge in [-0.3, -0.25) is 15.0 Å². The number of nitro groups is 1. The Bertz CT molecular complexity index is 919. The summed E-state index contributed by atoms with van der Waals surface area (Å²) in [5.41, 5.74) is 4.13. The van der Waals surface area contributed by atoms with Gasteiger partial charge < -0.3 is 4.98 Å². The molecule has 0 radical (unpaired) electrons. The molecule has 0 atom stereocenters. The van der Waals surface area contributed by atoms with Crippen molar-refractivity contribution >= 4 is 16.6 Å². The number of rotatable bonds is 3. The Morgan fingerprint density at radius 2 is 2.00 bits per heavy atom. The Balaban J connectivity index is 1.61. The van der Waals surface area contributed by atoms with E-state index in [0.717, 1.165) is 34.1 Å². The molecule has 2 aromatic carbocycles. The molecule has 0 bridgehead atoms. The summed E-state index contributed by atoms with van der Waals surface area (Å²) in [4.78, 5) is 15.9. The Kier molecular flexibility index (Phi) is 3.12. The van der Waals surface area contributed by atoms with E-state index in [-0.39, 0.29) is 16.4 Å². The number of aromatic amines is 1. The highest BCUT2D eigenvalue weighted by Crippen LogP contribution is 2.29. The van der Waals surface area contributed by atoms with Crippen LogP contribution in [0.2, 0.25) is 0 Å². The van der Waals surface area contributed by atoms with E-state index in [2.05, 4.69) is 9.88 Å². The van der Waals surface area contributed by atoms with Crippen LogP contribution >= 0.6 is 0 Å². The van der Waals surface area contributed by atoms with Crippen LogP contribution in [0.1, 0.15) is 16.7 Å². The Hall–Kier alpha value is -2.73. The molecule has 0 saturated carbocycles. The monoisotopic (exact) mass is 311 g/mol. The second-order valence-corrected chi connectivity index (χ2v) is 5.86. The first kappa shape index (κ1) is 13.9. The molecule has 1 aliphatic heterocycles. The Morgan fingerprint density at radius 1 is 1.17 bits per heavy atom. The van der Waals surface area contributed by atoms with Gasteiger partial charge in [-0.1, -0.05) is 6.07 Å². The van der Waals surface area contributed by atoms with Crippen molar-refractivity contribution in [2.45, 2.75) is 19.6 Å². The number of hydrogen-bond acceptors (Lipinski definition) is 3. The zero-order valence-electron chi connectivity index (χ0n) is 12.3. The highest BCUT2D eigenvalue weighted by molar-refractivity contribution is 5.85. The molecule has 1 N–H and O–H groups in total. The van der Waals surface area contributed by atoms with E-state index in [9.17, 15) is 14.5 Å². The summed E-state index contributed by atoms with van der Waals surface area (Å²) in [5.74, 6) is -0.215. The van der Waals surface area contributed by atoms with Gasteiger partial charge in [-0.05, 0) is 34.9 Å². The maximum absolute atomic E-state index is 13.3. The van der Waals surface area contributed by atoms with Gasteiger partial charge in [0, 0.05) is 48.9 Å². The fourth-order valence-electron chi connectivity index (χ4n) is 3.20. The van der Waals surface area contributed by atoms with Gasteiger partial charge in [-0.25, -0.2) is 4.39 Å².